The number of hydrogen-bond donors (Lipinski definition) is 15. The number of amides is 9. The van der Waals surface area contributed by atoms with Gasteiger partial charge in [0, 0.05) is 37.6 Å². The van der Waals surface area contributed by atoms with Gasteiger partial charge in [0.15, 0.2) is 6.04 Å². The zero-order valence-electron chi connectivity index (χ0n) is 37.6. The van der Waals surface area contributed by atoms with Crippen molar-refractivity contribution in [1.82, 2.24) is 52.5 Å². The molecule has 0 spiro atoms. The fourth-order valence-corrected chi connectivity index (χ4v) is 6.05. The summed E-state index contributed by atoms with van der Waals surface area (Å²) in [5.41, 5.74) is 11.7. The van der Waals surface area contributed by atoms with Crippen LogP contribution in [0.15, 0.2) is 42.9 Å². The van der Waals surface area contributed by atoms with Gasteiger partial charge < -0.3 is 79.4 Å². The van der Waals surface area contributed by atoms with Crippen molar-refractivity contribution in [2.45, 2.75) is 127 Å². The number of rotatable bonds is 29. The Morgan fingerprint density at radius 3 is 1.68 bits per heavy atom. The molecule has 1 aromatic heterocycles. The Balaban J connectivity index is 2.32. The summed E-state index contributed by atoms with van der Waals surface area (Å²) in [6.07, 6.45) is -3.00. The van der Waals surface area contributed by atoms with E-state index in [-0.39, 0.29) is 18.5 Å². The van der Waals surface area contributed by atoms with Crippen molar-refractivity contribution in [3.63, 3.8) is 0 Å². The van der Waals surface area contributed by atoms with Gasteiger partial charge in [-0.25, -0.2) is 9.78 Å². The van der Waals surface area contributed by atoms with E-state index in [9.17, 15) is 73.2 Å². The number of aliphatic hydroxyl groups is 2. The van der Waals surface area contributed by atoms with E-state index in [1.54, 1.807) is 30.3 Å². The van der Waals surface area contributed by atoms with Crippen molar-refractivity contribution in [3.8, 4) is 0 Å². The van der Waals surface area contributed by atoms with Crippen LogP contribution in [0.25, 0.3) is 0 Å². The van der Waals surface area contributed by atoms with Crippen LogP contribution in [0, 0.1) is 0 Å². The number of carbonyl (C=O) groups is 11. The van der Waals surface area contributed by atoms with Crippen molar-refractivity contribution < 1.29 is 73.2 Å². The number of imidazole rings is 1. The second kappa shape index (κ2) is 27.8. The summed E-state index contributed by atoms with van der Waals surface area (Å²) in [6, 6.07) is -3.80. The van der Waals surface area contributed by atoms with E-state index < -0.39 is 158 Å². The molecule has 1 aromatic carbocycles. The van der Waals surface area contributed by atoms with E-state index in [2.05, 4.69) is 52.5 Å². The Labute approximate surface area is 389 Å². The molecule has 2 aromatic rings. The number of carboxylic acids is 2. The number of carbonyl (C=O) groups excluding carboxylic acids is 9. The van der Waals surface area contributed by atoms with E-state index in [0.717, 1.165) is 6.92 Å². The van der Waals surface area contributed by atoms with Gasteiger partial charge in [-0.2, -0.15) is 0 Å². The number of aliphatic hydroxyl groups excluding tert-OH is 2. The Morgan fingerprint density at radius 1 is 0.618 bits per heavy atom. The molecule has 27 heteroatoms. The fourth-order valence-electron chi connectivity index (χ4n) is 6.05. The Bertz CT molecular complexity index is 2090. The molecule has 27 nitrogen and oxygen atoms in total. The van der Waals surface area contributed by atoms with Crippen LogP contribution in [-0.2, 0) is 65.6 Å². The molecule has 68 heavy (non-hydrogen) atoms. The van der Waals surface area contributed by atoms with Crippen molar-refractivity contribution in [1.29, 1.82) is 0 Å². The quantitative estimate of drug-likeness (QED) is 0.0361. The summed E-state index contributed by atoms with van der Waals surface area (Å²) >= 11 is 0. The summed E-state index contributed by atoms with van der Waals surface area (Å²) in [4.78, 5) is 148. The van der Waals surface area contributed by atoms with Gasteiger partial charge in [0.1, 0.15) is 36.3 Å². The normalized spacial score (nSPS) is 15.3. The highest BCUT2D eigenvalue weighted by Crippen LogP contribution is 2.08. The first-order chi connectivity index (χ1) is 31.9. The second-order valence-corrected chi connectivity index (χ2v) is 15.7. The molecule has 1 heterocycles. The van der Waals surface area contributed by atoms with Crippen LogP contribution in [0.1, 0.15) is 64.6 Å². The highest BCUT2D eigenvalue weighted by atomic mass is 16.4. The maximum absolute atomic E-state index is 14.0. The van der Waals surface area contributed by atoms with E-state index in [1.807, 2.05) is 0 Å². The third-order valence-corrected chi connectivity index (χ3v) is 9.84. The van der Waals surface area contributed by atoms with Crippen molar-refractivity contribution in [2.24, 2.45) is 11.5 Å². The van der Waals surface area contributed by atoms with E-state index >= 15 is 0 Å². The fraction of sp³-hybridized carbons (Fsp3) is 0.512. The predicted octanol–water partition coefficient (Wildman–Crippen LogP) is -5.95. The molecule has 0 saturated carbocycles. The van der Waals surface area contributed by atoms with Crippen LogP contribution in [0.4, 0.5) is 0 Å². The number of H-pyrrole nitrogens is 1. The maximum Gasteiger partial charge on any atom is 0.328 e. The number of benzene rings is 1. The number of aliphatic carboxylic acids is 2. The lowest BCUT2D eigenvalue weighted by Crippen LogP contribution is -2.60. The third kappa shape index (κ3) is 19.9. The first kappa shape index (κ1) is 56.6. The van der Waals surface area contributed by atoms with Gasteiger partial charge in [0.2, 0.25) is 53.2 Å². The zero-order chi connectivity index (χ0) is 51.2. The summed E-state index contributed by atoms with van der Waals surface area (Å²) in [5.74, 6) is -11.8. The third-order valence-electron chi connectivity index (χ3n) is 9.84. The number of nitrogens with two attached hydrogens (primary N) is 2. The average molecular weight is 961 g/mol. The molecule has 2 rings (SSSR count). The van der Waals surface area contributed by atoms with Crippen LogP contribution >= 0.6 is 0 Å². The molecule has 0 aliphatic heterocycles. The Kier molecular flexibility index (Phi) is 23.2. The van der Waals surface area contributed by atoms with Crippen LogP contribution in [0.5, 0.6) is 0 Å². The molecular formula is C41H60N12O15. The van der Waals surface area contributed by atoms with Gasteiger partial charge in [-0.3, -0.25) is 47.9 Å². The highest BCUT2D eigenvalue weighted by molar-refractivity contribution is 5.98. The molecule has 0 fully saturated rings. The second-order valence-electron chi connectivity index (χ2n) is 15.7. The van der Waals surface area contributed by atoms with Gasteiger partial charge in [-0.15, -0.1) is 0 Å². The van der Waals surface area contributed by atoms with Crippen LogP contribution in [0.3, 0.4) is 0 Å². The molecule has 0 unspecified atom stereocenters. The number of nitrogens with zero attached hydrogens (tertiary/aromatic N) is 1. The molecule has 374 valence electrons. The lowest BCUT2D eigenvalue weighted by Gasteiger charge is -2.26. The van der Waals surface area contributed by atoms with E-state index in [0.29, 0.717) is 5.56 Å². The number of nitrogens with one attached hydrogen (secondary N) is 9. The summed E-state index contributed by atoms with van der Waals surface area (Å²) < 4.78 is 0. The van der Waals surface area contributed by atoms with Gasteiger partial charge in [-0.05, 0) is 46.1 Å². The molecule has 0 radical (unpaired) electrons. The standard InChI is InChI=1S/C41H60N12O15/c1-19(42)34(60)52-32(21(3)54)40(66)45-17-30(57)48-25(11-13-31(58)59)37(63)51-28(15-24-16-44-18-46-24)38(64)49-26(10-12-29(43)56)36(62)47-20(2)35(61)50-27(14-23-8-6-5-7-9-23)39(65)53-33(22(4)55)41(67)68/h5-9,16,18-22,25-28,32-33,54-55H,10-15,17,42H2,1-4H3,(H2,43,56)(H,44,46)(H,45,66)(H,47,62)(H,48,57)(H,49,64)(H,50,61)(H,51,63)(H,52,60)(H,53,65)(H,58,59)(H,67,68)/t19-,20-,21+,22+,25-,26-,27-,28-,32-,33-/m0/s1. The minimum atomic E-state index is -1.74. The Hall–Kier alpha value is -7.52. The maximum atomic E-state index is 14.0. The minimum absolute atomic E-state index is 0.149. The monoisotopic (exact) mass is 960 g/mol. The molecule has 9 amide bonds. The van der Waals surface area contributed by atoms with E-state index in [1.165, 1.54) is 33.3 Å². The molecular weight excluding hydrogens is 901 g/mol. The molecule has 0 aliphatic carbocycles. The van der Waals surface area contributed by atoms with Crippen molar-refractivity contribution in [2.75, 3.05) is 6.54 Å². The molecule has 17 N–H and O–H groups in total. The van der Waals surface area contributed by atoms with Gasteiger partial charge in [0.05, 0.1) is 31.1 Å². The van der Waals surface area contributed by atoms with Crippen LogP contribution < -0.4 is 54.0 Å². The lowest BCUT2D eigenvalue weighted by molar-refractivity contribution is -0.145. The van der Waals surface area contributed by atoms with Gasteiger partial charge in [0.25, 0.3) is 0 Å². The first-order valence-corrected chi connectivity index (χ1v) is 21.1. The van der Waals surface area contributed by atoms with Gasteiger partial charge >= 0.3 is 11.9 Å². The Morgan fingerprint density at radius 2 is 1.13 bits per heavy atom. The number of primary amides is 1. The molecule has 0 saturated heterocycles. The number of carboxylic acid groups (broad SMARTS) is 2. The predicted molar refractivity (Wildman–Crippen MR) is 235 cm³/mol. The topological polar surface area (TPSA) is 446 Å². The minimum Gasteiger partial charge on any atom is -0.481 e. The SMILES string of the molecule is C[C@H](N)C(=O)N[C@H](C(=O)NCC(=O)N[C@@H](CCC(=O)O)C(=O)N[C@@H](Cc1cnc[nH]1)C(=O)N[C@@H](CCC(N)=O)C(=O)N[C@@H](C)C(=O)N[C@@H](Cc1ccccc1)C(=O)N[C@H](C(=O)O)[C@@H](C)O)[C@@H](C)O. The summed E-state index contributed by atoms with van der Waals surface area (Å²) in [7, 11) is 0. The van der Waals surface area contributed by atoms with Crippen molar-refractivity contribution >= 4 is 65.1 Å². The summed E-state index contributed by atoms with van der Waals surface area (Å²) in [6.45, 7) is 4.05. The highest BCUT2D eigenvalue weighted by Gasteiger charge is 2.34. The number of hydrogen-bond acceptors (Lipinski definition) is 15. The molecule has 10 atom stereocenters. The van der Waals surface area contributed by atoms with Gasteiger partial charge in [-0.1, -0.05) is 30.3 Å². The van der Waals surface area contributed by atoms with Crippen molar-refractivity contribution in [3.05, 3.63) is 54.1 Å². The first-order valence-electron chi connectivity index (χ1n) is 21.1. The van der Waals surface area contributed by atoms with Crippen LogP contribution in [-0.4, -0.2) is 163 Å². The lowest BCUT2D eigenvalue weighted by atomic mass is 10.0. The largest absolute Gasteiger partial charge is 0.481 e. The molecule has 0 bridgehead atoms. The molecule has 0 aliphatic rings. The number of aromatic amines is 1. The van der Waals surface area contributed by atoms with Crippen LogP contribution in [0.2, 0.25) is 0 Å². The summed E-state index contributed by atoms with van der Waals surface area (Å²) in [5, 5.41) is 57.3. The smallest absolute Gasteiger partial charge is 0.328 e. The average Bonchev–Trinajstić information content (AvgIpc) is 3.78. The van der Waals surface area contributed by atoms with E-state index in [4.69, 9.17) is 11.5 Å². The number of aromatic nitrogens is 2. The zero-order valence-corrected chi connectivity index (χ0v) is 37.6.